The Balaban J connectivity index is 2.93. The minimum Gasteiger partial charge on any atom is -0.172 e. The highest BCUT2D eigenvalue weighted by molar-refractivity contribution is 7.09. The number of halogens is 2. The predicted octanol–water partition coefficient (Wildman–Crippen LogP) is 2.17. The van der Waals surface area contributed by atoms with Crippen LogP contribution in [-0.4, -0.2) is 16.2 Å². The molecule has 50 valence electrons. The molecule has 2 unspecified atom stereocenters. The SMILES string of the molecule is C[SiH](Cl)CC[SiH](C)Cl. The summed E-state index contributed by atoms with van der Waals surface area (Å²) in [6.45, 7) is 4.30. The zero-order chi connectivity index (χ0) is 6.57. The van der Waals surface area contributed by atoms with Crippen LogP contribution < -0.4 is 0 Å². The van der Waals surface area contributed by atoms with Gasteiger partial charge in [0.15, 0.2) is 0 Å². The van der Waals surface area contributed by atoms with Gasteiger partial charge in [0.05, 0.1) is 0 Å². The van der Waals surface area contributed by atoms with Crippen LogP contribution in [0.4, 0.5) is 0 Å². The van der Waals surface area contributed by atoms with E-state index in [1.165, 1.54) is 12.1 Å². The summed E-state index contributed by atoms with van der Waals surface area (Å²) in [6, 6.07) is 2.44. The number of hydrogen-bond donors (Lipinski definition) is 0. The molecule has 0 aromatic carbocycles. The zero-order valence-electron chi connectivity index (χ0n) is 5.32. The van der Waals surface area contributed by atoms with E-state index >= 15 is 0 Å². The van der Waals surface area contributed by atoms with Crippen molar-refractivity contribution in [3.05, 3.63) is 0 Å². The van der Waals surface area contributed by atoms with Gasteiger partial charge in [-0.1, -0.05) is 13.1 Å². The molecule has 0 aliphatic rings. The molecule has 2 atom stereocenters. The summed E-state index contributed by atoms with van der Waals surface area (Å²) in [7, 11) is -1.61. The van der Waals surface area contributed by atoms with Crippen LogP contribution in [0, 0.1) is 0 Å². The molecule has 0 saturated carbocycles. The Morgan fingerprint density at radius 2 is 1.25 bits per heavy atom. The second-order valence-corrected chi connectivity index (χ2v) is 10.9. The van der Waals surface area contributed by atoms with E-state index < -0.39 is 16.2 Å². The van der Waals surface area contributed by atoms with Gasteiger partial charge in [0.25, 0.3) is 0 Å². The van der Waals surface area contributed by atoms with E-state index in [9.17, 15) is 0 Å². The maximum atomic E-state index is 5.82. The van der Waals surface area contributed by atoms with Gasteiger partial charge >= 0.3 is 0 Å². The van der Waals surface area contributed by atoms with E-state index in [-0.39, 0.29) is 0 Å². The summed E-state index contributed by atoms with van der Waals surface area (Å²) in [5.41, 5.74) is 0. The number of hydrogen-bond acceptors (Lipinski definition) is 0. The average molecular weight is 187 g/mol. The van der Waals surface area contributed by atoms with Crippen LogP contribution in [-0.2, 0) is 0 Å². The van der Waals surface area contributed by atoms with Gasteiger partial charge in [-0.3, -0.25) is 0 Å². The van der Waals surface area contributed by atoms with Gasteiger partial charge in [0.2, 0.25) is 0 Å². The monoisotopic (exact) mass is 186 g/mol. The Morgan fingerprint density at radius 3 is 1.38 bits per heavy atom. The van der Waals surface area contributed by atoms with Gasteiger partial charge < -0.3 is 0 Å². The largest absolute Gasteiger partial charge is 0.172 e. The van der Waals surface area contributed by atoms with Crippen LogP contribution in [0.3, 0.4) is 0 Å². The van der Waals surface area contributed by atoms with Crippen molar-refractivity contribution in [2.24, 2.45) is 0 Å². The Labute approximate surface area is 63.8 Å². The molecule has 0 aliphatic carbocycles. The molecular formula is C4H12Cl2Si2. The van der Waals surface area contributed by atoms with Gasteiger partial charge in [-0.25, -0.2) is 0 Å². The van der Waals surface area contributed by atoms with E-state index in [1.54, 1.807) is 0 Å². The van der Waals surface area contributed by atoms with Gasteiger partial charge in [-0.15, -0.1) is 0 Å². The van der Waals surface area contributed by atoms with Crippen LogP contribution in [0.1, 0.15) is 0 Å². The van der Waals surface area contributed by atoms with E-state index in [2.05, 4.69) is 13.1 Å². The molecule has 8 heavy (non-hydrogen) atoms. The third-order valence-electron chi connectivity index (χ3n) is 0.962. The van der Waals surface area contributed by atoms with Gasteiger partial charge in [0, 0.05) is 0 Å². The van der Waals surface area contributed by atoms with Crippen molar-refractivity contribution in [2.75, 3.05) is 0 Å². The summed E-state index contributed by atoms with van der Waals surface area (Å²) >= 11 is 11.6. The van der Waals surface area contributed by atoms with Crippen molar-refractivity contribution in [2.45, 2.75) is 25.2 Å². The van der Waals surface area contributed by atoms with Crippen LogP contribution in [0.15, 0.2) is 0 Å². The summed E-state index contributed by atoms with van der Waals surface area (Å²) in [4.78, 5) is 0. The lowest BCUT2D eigenvalue weighted by Gasteiger charge is -1.99. The molecule has 0 nitrogen and oxygen atoms in total. The lowest BCUT2D eigenvalue weighted by molar-refractivity contribution is 1.40. The summed E-state index contributed by atoms with van der Waals surface area (Å²) in [5.74, 6) is 0. The van der Waals surface area contributed by atoms with Gasteiger partial charge in [-0.05, 0) is 12.1 Å². The predicted molar refractivity (Wildman–Crippen MR) is 47.3 cm³/mol. The van der Waals surface area contributed by atoms with Crippen molar-refractivity contribution < 1.29 is 0 Å². The smallest absolute Gasteiger partial charge is 0.137 e. The molecule has 0 spiro atoms. The van der Waals surface area contributed by atoms with Crippen LogP contribution in [0.25, 0.3) is 0 Å². The lowest BCUT2D eigenvalue weighted by atomic mass is 10.9. The molecule has 0 rings (SSSR count). The topological polar surface area (TPSA) is 0 Å². The van der Waals surface area contributed by atoms with Crippen molar-refractivity contribution in [1.82, 2.24) is 0 Å². The van der Waals surface area contributed by atoms with Crippen LogP contribution in [0.2, 0.25) is 25.2 Å². The fourth-order valence-electron chi connectivity index (χ4n) is 0.459. The quantitative estimate of drug-likeness (QED) is 0.469. The molecule has 0 aliphatic heterocycles. The second-order valence-electron chi connectivity index (χ2n) is 2.14. The standard InChI is InChI=1S/C4H12Cl2Si2/c1-7(5)3-4-8(2)6/h7-8H,3-4H2,1-2H3. The van der Waals surface area contributed by atoms with Crippen molar-refractivity contribution >= 4 is 38.4 Å². The Kier molecular flexibility index (Phi) is 5.47. The van der Waals surface area contributed by atoms with Gasteiger partial charge in [0.1, 0.15) is 16.2 Å². The molecule has 0 bridgehead atoms. The van der Waals surface area contributed by atoms with Crippen molar-refractivity contribution in [3.8, 4) is 0 Å². The second kappa shape index (κ2) is 4.85. The third-order valence-corrected chi connectivity index (χ3v) is 5.20. The minimum absolute atomic E-state index is 0.804. The first kappa shape index (κ1) is 9.01. The van der Waals surface area contributed by atoms with E-state index in [0.29, 0.717) is 0 Å². The first-order valence-electron chi connectivity index (χ1n) is 2.91. The maximum absolute atomic E-state index is 5.82. The first-order chi connectivity index (χ1) is 3.63. The Hall–Kier alpha value is 1.01. The number of rotatable bonds is 3. The molecule has 0 fully saturated rings. The summed E-state index contributed by atoms with van der Waals surface area (Å²) in [5, 5.41) is 0. The highest BCUT2D eigenvalue weighted by Gasteiger charge is 2.02. The minimum atomic E-state index is -0.804. The highest BCUT2D eigenvalue weighted by Crippen LogP contribution is 2.07. The highest BCUT2D eigenvalue weighted by atomic mass is 35.6. The molecule has 0 N–H and O–H groups in total. The average Bonchev–Trinajstić information content (AvgIpc) is 1.61. The fraction of sp³-hybridized carbons (Fsp3) is 1.00. The van der Waals surface area contributed by atoms with Crippen LogP contribution >= 0.6 is 22.2 Å². The molecular weight excluding hydrogens is 175 g/mol. The molecule has 0 aromatic heterocycles. The van der Waals surface area contributed by atoms with E-state index in [0.717, 1.165) is 0 Å². The third kappa shape index (κ3) is 7.01. The maximum Gasteiger partial charge on any atom is 0.137 e. The van der Waals surface area contributed by atoms with E-state index in [1.807, 2.05) is 0 Å². The molecule has 4 heteroatoms. The first-order valence-corrected chi connectivity index (χ1v) is 10.3. The van der Waals surface area contributed by atoms with Gasteiger partial charge in [-0.2, -0.15) is 22.2 Å². The fourth-order valence-corrected chi connectivity index (χ4v) is 6.40. The van der Waals surface area contributed by atoms with E-state index in [4.69, 9.17) is 22.2 Å². The normalized spacial score (nSPS) is 18.0. The van der Waals surface area contributed by atoms with Crippen molar-refractivity contribution in [1.29, 1.82) is 0 Å². The molecule has 0 amide bonds. The Morgan fingerprint density at radius 1 is 1.00 bits per heavy atom. The summed E-state index contributed by atoms with van der Waals surface area (Å²) < 4.78 is 0. The molecule has 0 aromatic rings. The molecule has 0 heterocycles. The molecule has 0 saturated heterocycles. The lowest BCUT2D eigenvalue weighted by Crippen LogP contribution is -2.01. The van der Waals surface area contributed by atoms with Crippen molar-refractivity contribution in [3.63, 3.8) is 0 Å². The zero-order valence-corrected chi connectivity index (χ0v) is 9.15. The van der Waals surface area contributed by atoms with Crippen LogP contribution in [0.5, 0.6) is 0 Å². The molecule has 0 radical (unpaired) electrons. The Bertz CT molecular complexity index is 48.0. The summed E-state index contributed by atoms with van der Waals surface area (Å²) in [6.07, 6.45) is 0.